The van der Waals surface area contributed by atoms with Crippen molar-refractivity contribution in [3.63, 3.8) is 0 Å². The molecule has 5 heteroatoms. The van der Waals surface area contributed by atoms with Crippen LogP contribution < -0.4 is 4.74 Å². The number of aryl methyl sites for hydroxylation is 1. The number of nitrogens with zero attached hydrogens (tertiary/aromatic N) is 2. The zero-order chi connectivity index (χ0) is 24.9. The molecular formula is C31H28N2O2S. The van der Waals surface area contributed by atoms with Gasteiger partial charge in [-0.15, -0.1) is 0 Å². The van der Waals surface area contributed by atoms with Crippen LogP contribution >= 0.6 is 11.8 Å². The smallest absolute Gasteiger partial charge is 0.266 e. The predicted octanol–water partition coefficient (Wildman–Crippen LogP) is 7.61. The summed E-state index contributed by atoms with van der Waals surface area (Å²) in [6.45, 7) is 5.10. The second-order valence-corrected chi connectivity index (χ2v) is 9.51. The Morgan fingerprint density at radius 1 is 0.861 bits per heavy atom. The van der Waals surface area contributed by atoms with E-state index in [-0.39, 0.29) is 5.91 Å². The van der Waals surface area contributed by atoms with Crippen LogP contribution in [0.2, 0.25) is 0 Å². The molecule has 1 aliphatic rings. The number of carbonyl (C=O) groups excluding carboxylic acids is 1. The molecule has 0 spiro atoms. The van der Waals surface area contributed by atoms with Gasteiger partial charge in [-0.2, -0.15) is 0 Å². The van der Waals surface area contributed by atoms with Gasteiger partial charge in [0, 0.05) is 12.1 Å². The highest BCUT2D eigenvalue weighted by Crippen LogP contribution is 2.36. The maximum atomic E-state index is 13.2. The van der Waals surface area contributed by atoms with Crippen LogP contribution in [0.15, 0.2) is 101 Å². The molecule has 0 aliphatic carbocycles. The SMILES string of the molecule is CCc1ccccc1N=C1S/C(=C/c2ccccc2OCc2cccc3ccccc23)C(=O)N1CC. The number of ether oxygens (including phenoxy) is 1. The van der Waals surface area contributed by atoms with Crippen LogP contribution in [0, 0.1) is 0 Å². The third-order valence-corrected chi connectivity index (χ3v) is 7.27. The Morgan fingerprint density at radius 3 is 2.44 bits per heavy atom. The van der Waals surface area contributed by atoms with Gasteiger partial charge in [-0.3, -0.25) is 9.69 Å². The molecule has 1 saturated heterocycles. The number of benzene rings is 4. The summed E-state index contributed by atoms with van der Waals surface area (Å²) in [4.78, 5) is 20.5. The van der Waals surface area contributed by atoms with Crippen LogP contribution in [-0.4, -0.2) is 22.5 Å². The van der Waals surface area contributed by atoms with Gasteiger partial charge in [-0.1, -0.05) is 85.8 Å². The van der Waals surface area contributed by atoms with Gasteiger partial charge in [0.15, 0.2) is 5.17 Å². The minimum absolute atomic E-state index is 0.0286. The zero-order valence-corrected chi connectivity index (χ0v) is 21.3. The third-order valence-electron chi connectivity index (χ3n) is 6.26. The molecule has 4 nitrogen and oxygen atoms in total. The Bertz CT molecular complexity index is 1470. The second-order valence-electron chi connectivity index (χ2n) is 8.50. The summed E-state index contributed by atoms with van der Waals surface area (Å²) in [5.74, 6) is 0.718. The molecule has 0 aromatic heterocycles. The average Bonchev–Trinajstić information content (AvgIpc) is 3.21. The number of para-hydroxylation sites is 2. The Hall–Kier alpha value is -3.83. The van der Waals surface area contributed by atoms with Gasteiger partial charge in [-0.05, 0) is 65.2 Å². The van der Waals surface area contributed by atoms with E-state index in [1.807, 2.05) is 67.6 Å². The summed E-state index contributed by atoms with van der Waals surface area (Å²) >= 11 is 1.42. The van der Waals surface area contributed by atoms with Gasteiger partial charge in [0.2, 0.25) is 0 Å². The summed E-state index contributed by atoms with van der Waals surface area (Å²) in [7, 11) is 0. The first kappa shape index (κ1) is 23.9. The normalized spacial score (nSPS) is 15.8. The standard InChI is InChI=1S/C31H28N2O2S/c1-3-22-12-6-9-18-27(22)32-31-33(4-2)30(34)29(36-31)20-24-14-7-10-19-28(24)35-21-25-16-11-15-23-13-5-8-17-26(23)25/h5-20H,3-4,21H2,1-2H3/b29-20+,32-31?. The van der Waals surface area contributed by atoms with E-state index in [2.05, 4.69) is 43.3 Å². The summed E-state index contributed by atoms with van der Waals surface area (Å²) in [6, 6.07) is 30.5. The molecule has 0 saturated carbocycles. The van der Waals surface area contributed by atoms with Crippen molar-refractivity contribution < 1.29 is 9.53 Å². The fraction of sp³-hybridized carbons (Fsp3) is 0.161. The van der Waals surface area contributed by atoms with Crippen LogP contribution in [0.25, 0.3) is 16.8 Å². The number of fused-ring (bicyclic) bond motifs is 1. The number of rotatable bonds is 7. The molecule has 0 radical (unpaired) electrons. The van der Waals surface area contributed by atoms with Crippen molar-refractivity contribution in [3.8, 4) is 5.75 Å². The molecule has 4 aromatic carbocycles. The minimum atomic E-state index is -0.0286. The molecule has 1 amide bonds. The fourth-order valence-electron chi connectivity index (χ4n) is 4.34. The van der Waals surface area contributed by atoms with Crippen molar-refractivity contribution in [1.29, 1.82) is 0 Å². The van der Waals surface area contributed by atoms with Crippen molar-refractivity contribution in [1.82, 2.24) is 4.90 Å². The van der Waals surface area contributed by atoms with E-state index in [4.69, 9.17) is 9.73 Å². The molecule has 36 heavy (non-hydrogen) atoms. The molecule has 0 N–H and O–H groups in total. The lowest BCUT2D eigenvalue weighted by Crippen LogP contribution is -2.28. The first-order valence-electron chi connectivity index (χ1n) is 12.2. The van der Waals surface area contributed by atoms with Crippen molar-refractivity contribution in [3.05, 3.63) is 113 Å². The van der Waals surface area contributed by atoms with E-state index >= 15 is 0 Å². The Morgan fingerprint density at radius 2 is 1.58 bits per heavy atom. The van der Waals surface area contributed by atoms with E-state index in [9.17, 15) is 4.79 Å². The van der Waals surface area contributed by atoms with Gasteiger partial charge >= 0.3 is 0 Å². The van der Waals surface area contributed by atoms with Crippen molar-refractivity contribution in [2.45, 2.75) is 26.9 Å². The van der Waals surface area contributed by atoms with Gasteiger partial charge in [0.1, 0.15) is 12.4 Å². The Balaban J connectivity index is 1.42. The van der Waals surface area contributed by atoms with Crippen molar-refractivity contribution >= 4 is 45.4 Å². The van der Waals surface area contributed by atoms with Gasteiger partial charge < -0.3 is 4.74 Å². The van der Waals surface area contributed by atoms with E-state index in [1.165, 1.54) is 28.1 Å². The largest absolute Gasteiger partial charge is 0.488 e. The number of hydrogen-bond donors (Lipinski definition) is 0. The molecule has 1 aliphatic heterocycles. The van der Waals surface area contributed by atoms with Crippen LogP contribution in [0.4, 0.5) is 5.69 Å². The Kier molecular flexibility index (Phi) is 7.19. The number of carbonyl (C=O) groups is 1. The maximum Gasteiger partial charge on any atom is 0.266 e. The topological polar surface area (TPSA) is 41.9 Å². The van der Waals surface area contributed by atoms with E-state index < -0.39 is 0 Å². The summed E-state index contributed by atoms with van der Waals surface area (Å²) in [5, 5.41) is 3.09. The van der Waals surface area contributed by atoms with Crippen LogP contribution in [-0.2, 0) is 17.8 Å². The molecule has 0 bridgehead atoms. The Labute approximate surface area is 216 Å². The third kappa shape index (κ3) is 4.93. The highest BCUT2D eigenvalue weighted by molar-refractivity contribution is 8.18. The molecule has 1 heterocycles. The maximum absolute atomic E-state index is 13.2. The van der Waals surface area contributed by atoms with Crippen LogP contribution in [0.1, 0.15) is 30.5 Å². The van der Waals surface area contributed by atoms with Crippen molar-refractivity contribution in [2.24, 2.45) is 4.99 Å². The summed E-state index contributed by atoms with van der Waals surface area (Å²) in [5.41, 5.74) is 4.08. The molecule has 1 fully saturated rings. The van der Waals surface area contributed by atoms with Gasteiger partial charge in [0.25, 0.3) is 5.91 Å². The lowest BCUT2D eigenvalue weighted by atomic mass is 10.1. The number of likely N-dealkylation sites (N-methyl/N-ethyl adjacent to an activating group) is 1. The molecule has 0 atom stereocenters. The number of aliphatic imine (C=N–C) groups is 1. The predicted molar refractivity (Wildman–Crippen MR) is 151 cm³/mol. The van der Waals surface area contributed by atoms with Crippen LogP contribution in [0.3, 0.4) is 0 Å². The molecular weight excluding hydrogens is 464 g/mol. The average molecular weight is 493 g/mol. The quantitative estimate of drug-likeness (QED) is 0.249. The molecule has 5 rings (SSSR count). The van der Waals surface area contributed by atoms with E-state index in [0.29, 0.717) is 23.2 Å². The van der Waals surface area contributed by atoms with Crippen LogP contribution in [0.5, 0.6) is 5.75 Å². The number of thioether (sulfide) groups is 1. The fourth-order valence-corrected chi connectivity index (χ4v) is 5.38. The lowest BCUT2D eigenvalue weighted by molar-refractivity contribution is -0.122. The number of amides is 1. The molecule has 4 aromatic rings. The number of hydrogen-bond acceptors (Lipinski definition) is 4. The first-order valence-corrected chi connectivity index (χ1v) is 13.1. The highest BCUT2D eigenvalue weighted by Gasteiger charge is 2.32. The molecule has 180 valence electrons. The van der Waals surface area contributed by atoms with E-state index in [1.54, 1.807) is 4.90 Å². The summed E-state index contributed by atoms with van der Waals surface area (Å²) in [6.07, 6.45) is 2.81. The zero-order valence-electron chi connectivity index (χ0n) is 20.5. The monoisotopic (exact) mass is 492 g/mol. The van der Waals surface area contributed by atoms with E-state index in [0.717, 1.165) is 29.0 Å². The molecule has 0 unspecified atom stereocenters. The van der Waals surface area contributed by atoms with Gasteiger partial charge in [0.05, 0.1) is 10.6 Å². The minimum Gasteiger partial charge on any atom is -0.488 e. The number of amidine groups is 1. The first-order chi connectivity index (χ1) is 17.7. The second kappa shape index (κ2) is 10.8. The summed E-state index contributed by atoms with van der Waals surface area (Å²) < 4.78 is 6.27. The van der Waals surface area contributed by atoms with Gasteiger partial charge in [-0.25, -0.2) is 4.99 Å². The highest BCUT2D eigenvalue weighted by atomic mass is 32.2. The van der Waals surface area contributed by atoms with Crippen molar-refractivity contribution in [2.75, 3.05) is 6.54 Å². The lowest BCUT2D eigenvalue weighted by Gasteiger charge is -2.13.